The third kappa shape index (κ3) is 1.50. The number of hydrogen-bond acceptors (Lipinski definition) is 3. The summed E-state index contributed by atoms with van der Waals surface area (Å²) in [4.78, 5) is 0. The first-order chi connectivity index (χ1) is 6.50. The van der Waals surface area contributed by atoms with Gasteiger partial charge >= 0.3 is 0 Å². The summed E-state index contributed by atoms with van der Waals surface area (Å²) in [6.45, 7) is 5.51. The van der Waals surface area contributed by atoms with Gasteiger partial charge in [0, 0.05) is 0 Å². The minimum Gasteiger partial charge on any atom is -0.504 e. The smallest absolute Gasteiger partial charge is 0.200 e. The van der Waals surface area contributed by atoms with Gasteiger partial charge in [0.15, 0.2) is 11.5 Å². The summed E-state index contributed by atoms with van der Waals surface area (Å²) in [6.07, 6.45) is 1.73. The van der Waals surface area contributed by atoms with Crippen molar-refractivity contribution in [3.8, 4) is 17.2 Å². The number of hydrogen-bond donors (Lipinski definition) is 3. The van der Waals surface area contributed by atoms with Crippen LogP contribution in [0, 0.1) is 13.8 Å². The van der Waals surface area contributed by atoms with Gasteiger partial charge in [-0.1, -0.05) is 13.3 Å². The van der Waals surface area contributed by atoms with Crippen LogP contribution in [0.25, 0.3) is 0 Å². The van der Waals surface area contributed by atoms with Gasteiger partial charge in [-0.15, -0.1) is 0 Å². The Bertz CT molecular complexity index is 327. The van der Waals surface area contributed by atoms with Crippen LogP contribution in [0.4, 0.5) is 0 Å². The second kappa shape index (κ2) is 3.78. The first kappa shape index (κ1) is 10.7. The molecule has 0 bridgehead atoms. The van der Waals surface area contributed by atoms with E-state index in [4.69, 9.17) is 0 Å². The van der Waals surface area contributed by atoms with Gasteiger partial charge in [0.2, 0.25) is 5.75 Å². The van der Waals surface area contributed by atoms with E-state index in [0.717, 1.165) is 18.4 Å². The van der Waals surface area contributed by atoms with Crippen LogP contribution in [-0.4, -0.2) is 15.3 Å². The van der Waals surface area contributed by atoms with E-state index in [1.807, 2.05) is 6.92 Å². The summed E-state index contributed by atoms with van der Waals surface area (Å²) in [5, 5.41) is 28.4. The molecule has 1 aromatic rings. The number of aromatic hydroxyl groups is 3. The van der Waals surface area contributed by atoms with Gasteiger partial charge in [-0.05, 0) is 37.0 Å². The Morgan fingerprint density at radius 1 is 0.857 bits per heavy atom. The largest absolute Gasteiger partial charge is 0.504 e. The SMILES string of the molecule is CCCc1c(C)c(O)c(O)c(O)c1C. The zero-order chi connectivity index (χ0) is 10.9. The molecule has 3 nitrogen and oxygen atoms in total. The molecule has 78 valence electrons. The lowest BCUT2D eigenvalue weighted by atomic mass is 9.96. The Labute approximate surface area is 83.6 Å². The van der Waals surface area contributed by atoms with E-state index >= 15 is 0 Å². The maximum Gasteiger partial charge on any atom is 0.200 e. The van der Waals surface area contributed by atoms with E-state index in [1.165, 1.54) is 0 Å². The van der Waals surface area contributed by atoms with Gasteiger partial charge in [-0.25, -0.2) is 0 Å². The van der Waals surface area contributed by atoms with Crippen LogP contribution >= 0.6 is 0 Å². The molecule has 0 aliphatic heterocycles. The van der Waals surface area contributed by atoms with Crippen LogP contribution < -0.4 is 0 Å². The Hall–Kier alpha value is -1.38. The summed E-state index contributed by atoms with van der Waals surface area (Å²) >= 11 is 0. The van der Waals surface area contributed by atoms with E-state index in [0.29, 0.717) is 11.1 Å². The van der Waals surface area contributed by atoms with Crippen molar-refractivity contribution >= 4 is 0 Å². The molecule has 0 fully saturated rings. The fraction of sp³-hybridized carbons (Fsp3) is 0.455. The Kier molecular flexibility index (Phi) is 2.89. The maximum absolute atomic E-state index is 9.51. The van der Waals surface area contributed by atoms with Crippen molar-refractivity contribution in [3.05, 3.63) is 16.7 Å². The van der Waals surface area contributed by atoms with Crippen LogP contribution in [0.1, 0.15) is 30.0 Å². The maximum atomic E-state index is 9.51. The molecule has 1 rings (SSSR count). The molecule has 0 amide bonds. The molecule has 0 aliphatic carbocycles. The van der Waals surface area contributed by atoms with Gasteiger partial charge < -0.3 is 15.3 Å². The van der Waals surface area contributed by atoms with Crippen LogP contribution in [-0.2, 0) is 6.42 Å². The predicted molar refractivity (Wildman–Crippen MR) is 54.9 cm³/mol. The minimum atomic E-state index is -0.417. The number of phenols is 3. The summed E-state index contributed by atoms with van der Waals surface area (Å²) in [7, 11) is 0. The monoisotopic (exact) mass is 196 g/mol. The topological polar surface area (TPSA) is 60.7 Å². The van der Waals surface area contributed by atoms with Gasteiger partial charge in [-0.3, -0.25) is 0 Å². The number of phenolic OH excluding ortho intramolecular Hbond substituents is 3. The summed E-state index contributed by atoms with van der Waals surface area (Å²) < 4.78 is 0. The van der Waals surface area contributed by atoms with Crippen molar-refractivity contribution in [2.24, 2.45) is 0 Å². The van der Waals surface area contributed by atoms with Crippen molar-refractivity contribution in [2.45, 2.75) is 33.6 Å². The lowest BCUT2D eigenvalue weighted by molar-refractivity contribution is 0.363. The van der Waals surface area contributed by atoms with Crippen molar-refractivity contribution in [1.29, 1.82) is 0 Å². The minimum absolute atomic E-state index is 0.212. The molecular formula is C11H16O3. The highest BCUT2D eigenvalue weighted by atomic mass is 16.3. The second-order valence-corrected chi connectivity index (χ2v) is 3.52. The third-order valence-corrected chi connectivity index (χ3v) is 2.56. The first-order valence-electron chi connectivity index (χ1n) is 4.73. The number of rotatable bonds is 2. The summed E-state index contributed by atoms with van der Waals surface area (Å²) in [5.41, 5.74) is 2.22. The van der Waals surface area contributed by atoms with Crippen LogP contribution in [0.3, 0.4) is 0 Å². The average Bonchev–Trinajstić information content (AvgIpc) is 2.19. The molecule has 0 radical (unpaired) electrons. The molecule has 0 heterocycles. The lowest BCUT2D eigenvalue weighted by Crippen LogP contribution is -1.95. The van der Waals surface area contributed by atoms with E-state index in [1.54, 1.807) is 13.8 Å². The molecule has 1 aromatic carbocycles. The van der Waals surface area contributed by atoms with E-state index in [9.17, 15) is 15.3 Å². The van der Waals surface area contributed by atoms with Gasteiger partial charge in [0.05, 0.1) is 0 Å². The Morgan fingerprint density at radius 3 is 1.64 bits per heavy atom. The molecule has 3 N–H and O–H groups in total. The average molecular weight is 196 g/mol. The van der Waals surface area contributed by atoms with Crippen molar-refractivity contribution in [3.63, 3.8) is 0 Å². The molecule has 0 unspecified atom stereocenters. The molecule has 0 saturated heterocycles. The van der Waals surface area contributed by atoms with Crippen molar-refractivity contribution < 1.29 is 15.3 Å². The van der Waals surface area contributed by atoms with E-state index in [-0.39, 0.29) is 11.5 Å². The first-order valence-corrected chi connectivity index (χ1v) is 4.73. The molecule has 0 spiro atoms. The van der Waals surface area contributed by atoms with Gasteiger partial charge in [0.1, 0.15) is 0 Å². The fourth-order valence-electron chi connectivity index (χ4n) is 1.66. The molecule has 0 atom stereocenters. The van der Waals surface area contributed by atoms with E-state index < -0.39 is 5.75 Å². The quantitative estimate of drug-likeness (QED) is 0.636. The summed E-state index contributed by atoms with van der Waals surface area (Å²) in [6, 6.07) is 0. The highest BCUT2D eigenvalue weighted by Gasteiger charge is 2.17. The van der Waals surface area contributed by atoms with Crippen molar-refractivity contribution in [1.82, 2.24) is 0 Å². The third-order valence-electron chi connectivity index (χ3n) is 2.56. The van der Waals surface area contributed by atoms with Crippen LogP contribution in [0.15, 0.2) is 0 Å². The highest BCUT2D eigenvalue weighted by molar-refractivity contribution is 5.60. The molecule has 14 heavy (non-hydrogen) atoms. The standard InChI is InChI=1S/C11H16O3/c1-4-5-8-6(2)9(12)11(14)10(13)7(8)3/h12-14H,4-5H2,1-3H3. The lowest BCUT2D eigenvalue weighted by Gasteiger charge is -2.14. The van der Waals surface area contributed by atoms with Crippen LogP contribution in [0.5, 0.6) is 17.2 Å². The second-order valence-electron chi connectivity index (χ2n) is 3.52. The van der Waals surface area contributed by atoms with Crippen LogP contribution in [0.2, 0.25) is 0 Å². The molecule has 0 aliphatic rings. The Balaban J connectivity index is 3.43. The predicted octanol–water partition coefficient (Wildman–Crippen LogP) is 2.37. The summed E-state index contributed by atoms with van der Waals surface area (Å²) in [5.74, 6) is -0.840. The van der Waals surface area contributed by atoms with E-state index in [2.05, 4.69) is 0 Å². The highest BCUT2D eigenvalue weighted by Crippen LogP contribution is 2.42. The fourth-order valence-corrected chi connectivity index (χ4v) is 1.66. The normalized spacial score (nSPS) is 10.5. The molecule has 0 aromatic heterocycles. The zero-order valence-electron chi connectivity index (χ0n) is 8.76. The Morgan fingerprint density at radius 2 is 1.29 bits per heavy atom. The molecule has 3 heteroatoms. The number of benzene rings is 1. The zero-order valence-corrected chi connectivity index (χ0v) is 8.76. The van der Waals surface area contributed by atoms with Gasteiger partial charge in [-0.2, -0.15) is 0 Å². The molecule has 0 saturated carbocycles. The van der Waals surface area contributed by atoms with Gasteiger partial charge in [0.25, 0.3) is 0 Å². The molecular weight excluding hydrogens is 180 g/mol. The van der Waals surface area contributed by atoms with Crippen molar-refractivity contribution in [2.75, 3.05) is 0 Å².